The molecule has 0 aromatic heterocycles. The Bertz CT molecular complexity index is 121. The Kier molecular flexibility index (Phi) is 106. The molecule has 0 bridgehead atoms. The highest BCUT2D eigenvalue weighted by molar-refractivity contribution is 5.76. The van der Waals surface area contributed by atoms with Gasteiger partial charge in [-0.15, -0.1) is 0 Å². The van der Waals surface area contributed by atoms with Gasteiger partial charge in [-0.25, -0.2) is 0 Å². The SMILES string of the molecule is C.C.CN(C)CCO.CO.O=[N+]([O-])CCO.[B].[B]. The van der Waals surface area contributed by atoms with Gasteiger partial charge in [0.15, 0.2) is 0 Å². The Morgan fingerprint density at radius 3 is 1.39 bits per heavy atom. The molecule has 7 nitrogen and oxygen atoms in total. The molecule has 0 rings (SSSR count). The van der Waals surface area contributed by atoms with E-state index >= 15 is 0 Å². The fraction of sp³-hybridized carbons (Fsp3) is 1.00. The summed E-state index contributed by atoms with van der Waals surface area (Å²) in [6.45, 7) is 0.306. The van der Waals surface area contributed by atoms with Crippen molar-refractivity contribution in [3.05, 3.63) is 10.1 Å². The number of hydrogen-bond donors (Lipinski definition) is 3. The summed E-state index contributed by atoms with van der Waals surface area (Å²) in [4.78, 5) is 10.6. The standard InChI is InChI=1S/C4H11NO.C2H5NO3.CH4O.2CH4.2B/c1-5(2)3-4-6;4-2-1-3(5)6;1-2;;;;/h6H,3-4H2,1-2H3;4H,1-2H2;2H,1H3;2*1H4;;. The monoisotopic (exact) mass is 266 g/mol. The van der Waals surface area contributed by atoms with Crippen molar-refractivity contribution in [1.29, 1.82) is 0 Å². The van der Waals surface area contributed by atoms with Gasteiger partial charge in [-0.3, -0.25) is 10.1 Å². The first-order valence-corrected chi connectivity index (χ1v) is 3.97. The quantitative estimate of drug-likeness (QED) is 0.339. The zero-order valence-electron chi connectivity index (χ0n) is 10.0. The lowest BCUT2D eigenvalue weighted by Gasteiger charge is -2.03. The zero-order chi connectivity index (χ0) is 12.0. The van der Waals surface area contributed by atoms with Crippen LogP contribution in [0.4, 0.5) is 0 Å². The molecule has 0 atom stereocenters. The molecule has 0 fully saturated rings. The smallest absolute Gasteiger partial charge is 0.226 e. The molecule has 0 unspecified atom stereocenters. The summed E-state index contributed by atoms with van der Waals surface area (Å²) in [6.07, 6.45) is 0. The lowest BCUT2D eigenvalue weighted by Crippen LogP contribution is -2.15. The summed E-state index contributed by atoms with van der Waals surface area (Å²) in [6, 6.07) is 0. The van der Waals surface area contributed by atoms with E-state index in [4.69, 9.17) is 15.3 Å². The van der Waals surface area contributed by atoms with Crippen LogP contribution in [-0.2, 0) is 0 Å². The van der Waals surface area contributed by atoms with Gasteiger partial charge in [0, 0.05) is 35.4 Å². The van der Waals surface area contributed by atoms with Crippen molar-refractivity contribution >= 4 is 16.8 Å². The van der Waals surface area contributed by atoms with Crippen LogP contribution in [0.15, 0.2) is 0 Å². The first-order valence-electron chi connectivity index (χ1n) is 3.97. The molecule has 0 spiro atoms. The molecule has 3 N–H and O–H groups in total. The number of nitro groups is 1. The number of likely N-dealkylation sites (N-methyl/N-ethyl adjacent to an activating group) is 1. The highest BCUT2D eigenvalue weighted by Gasteiger charge is 1.87. The average Bonchev–Trinajstić information content (AvgIpc) is 2.08. The number of aliphatic hydroxyl groups excluding tert-OH is 3. The Morgan fingerprint density at radius 2 is 1.39 bits per heavy atom. The van der Waals surface area contributed by atoms with Crippen LogP contribution in [0, 0.1) is 10.1 Å². The molecule has 0 aromatic carbocycles. The van der Waals surface area contributed by atoms with Crippen LogP contribution in [0.3, 0.4) is 0 Å². The minimum absolute atomic E-state index is 0. The largest absolute Gasteiger partial charge is 0.400 e. The van der Waals surface area contributed by atoms with Crippen LogP contribution in [0.25, 0.3) is 0 Å². The second-order valence-corrected chi connectivity index (χ2v) is 2.31. The van der Waals surface area contributed by atoms with E-state index in [2.05, 4.69) is 0 Å². The third-order valence-electron chi connectivity index (χ3n) is 0.830. The highest BCUT2D eigenvalue weighted by Crippen LogP contribution is 1.66. The summed E-state index contributed by atoms with van der Waals surface area (Å²) in [5, 5.41) is 32.2. The first kappa shape index (κ1) is 43.3. The Balaban J connectivity index is -0.0000000197. The highest BCUT2D eigenvalue weighted by atomic mass is 16.6. The van der Waals surface area contributed by atoms with Gasteiger partial charge in [0.25, 0.3) is 0 Å². The molecule has 0 heterocycles. The number of nitrogens with zero attached hydrogens (tertiary/aromatic N) is 2. The molecular weight excluding hydrogens is 238 g/mol. The van der Waals surface area contributed by atoms with Crippen LogP contribution in [0.1, 0.15) is 14.9 Å². The van der Waals surface area contributed by atoms with Crippen LogP contribution in [0.2, 0.25) is 0 Å². The van der Waals surface area contributed by atoms with Gasteiger partial charge in [0.2, 0.25) is 6.54 Å². The van der Waals surface area contributed by atoms with Crippen LogP contribution < -0.4 is 0 Å². The summed E-state index contributed by atoms with van der Waals surface area (Å²) in [5.41, 5.74) is 0. The fourth-order valence-corrected chi connectivity index (χ4v) is 0.282. The van der Waals surface area contributed by atoms with Gasteiger partial charge >= 0.3 is 0 Å². The van der Waals surface area contributed by atoms with Crippen molar-refractivity contribution in [3.8, 4) is 0 Å². The maximum atomic E-state index is 9.24. The van der Waals surface area contributed by atoms with Gasteiger partial charge < -0.3 is 20.2 Å². The summed E-state index contributed by atoms with van der Waals surface area (Å²) >= 11 is 0. The number of aliphatic hydroxyl groups is 3. The van der Waals surface area contributed by atoms with Crippen molar-refractivity contribution in [2.75, 3.05) is 47.5 Å². The van der Waals surface area contributed by atoms with E-state index in [0.29, 0.717) is 0 Å². The molecule has 0 saturated heterocycles. The molecular formula is C9H28B2N2O5. The maximum Gasteiger partial charge on any atom is 0.226 e. The molecule has 110 valence electrons. The van der Waals surface area contributed by atoms with E-state index in [1.54, 1.807) is 0 Å². The van der Waals surface area contributed by atoms with E-state index in [-0.39, 0.29) is 51.4 Å². The molecule has 0 aliphatic rings. The molecule has 0 aliphatic heterocycles. The van der Waals surface area contributed by atoms with Gasteiger partial charge in [0.05, 0.1) is 6.61 Å². The first-order chi connectivity index (χ1) is 6.54. The lowest BCUT2D eigenvalue weighted by molar-refractivity contribution is -0.482. The predicted octanol–water partition coefficient (Wildman–Crippen LogP) is -1.09. The van der Waals surface area contributed by atoms with Crippen LogP contribution in [0.5, 0.6) is 0 Å². The van der Waals surface area contributed by atoms with E-state index in [1.807, 2.05) is 19.0 Å². The predicted molar refractivity (Wildman–Crippen MR) is 77.7 cm³/mol. The maximum absolute atomic E-state index is 9.24. The minimum Gasteiger partial charge on any atom is -0.400 e. The normalized spacial score (nSPS) is 6.39. The average molecular weight is 266 g/mol. The molecule has 0 aromatic rings. The van der Waals surface area contributed by atoms with Crippen molar-refractivity contribution in [2.45, 2.75) is 14.9 Å². The van der Waals surface area contributed by atoms with E-state index in [1.165, 1.54) is 0 Å². The molecule has 0 aliphatic carbocycles. The second kappa shape index (κ2) is 44.0. The molecule has 0 amide bonds. The third-order valence-corrected chi connectivity index (χ3v) is 0.830. The summed E-state index contributed by atoms with van der Waals surface area (Å²) < 4.78 is 0. The molecule has 0 saturated carbocycles. The second-order valence-electron chi connectivity index (χ2n) is 2.31. The van der Waals surface area contributed by atoms with E-state index < -0.39 is 4.92 Å². The third kappa shape index (κ3) is 110. The summed E-state index contributed by atoms with van der Waals surface area (Å²) in [5.74, 6) is 0. The van der Waals surface area contributed by atoms with Gasteiger partial charge in [-0.1, -0.05) is 14.9 Å². The summed E-state index contributed by atoms with van der Waals surface area (Å²) in [7, 11) is 4.85. The van der Waals surface area contributed by atoms with Gasteiger partial charge in [-0.05, 0) is 14.1 Å². The van der Waals surface area contributed by atoms with Crippen LogP contribution >= 0.6 is 0 Å². The van der Waals surface area contributed by atoms with Crippen LogP contribution in [-0.4, -0.2) is 89.5 Å². The molecule has 18 heavy (non-hydrogen) atoms. The molecule has 6 radical (unpaired) electrons. The van der Waals surface area contributed by atoms with E-state index in [0.717, 1.165) is 13.7 Å². The Morgan fingerprint density at radius 1 is 1.06 bits per heavy atom. The molecule has 9 heteroatoms. The fourth-order valence-electron chi connectivity index (χ4n) is 0.282. The zero-order valence-corrected chi connectivity index (χ0v) is 10.0. The number of hydrogen-bond acceptors (Lipinski definition) is 6. The van der Waals surface area contributed by atoms with Crippen molar-refractivity contribution in [3.63, 3.8) is 0 Å². The van der Waals surface area contributed by atoms with Crippen molar-refractivity contribution < 1.29 is 20.2 Å². The number of rotatable bonds is 4. The van der Waals surface area contributed by atoms with E-state index in [9.17, 15) is 10.1 Å². The Hall–Kier alpha value is -0.630. The van der Waals surface area contributed by atoms with Gasteiger partial charge in [0.1, 0.15) is 6.61 Å². The van der Waals surface area contributed by atoms with Crippen molar-refractivity contribution in [2.24, 2.45) is 0 Å². The lowest BCUT2D eigenvalue weighted by atomic mass is 10.6. The Labute approximate surface area is 115 Å². The minimum atomic E-state index is -0.569. The van der Waals surface area contributed by atoms with Crippen molar-refractivity contribution in [1.82, 2.24) is 4.90 Å². The van der Waals surface area contributed by atoms with Gasteiger partial charge in [-0.2, -0.15) is 0 Å². The topological polar surface area (TPSA) is 107 Å².